The fourth-order valence-electron chi connectivity index (χ4n) is 1.39. The van der Waals surface area contributed by atoms with Crippen LogP contribution in [-0.4, -0.2) is 18.2 Å². The van der Waals surface area contributed by atoms with Crippen LogP contribution >= 0.6 is 0 Å². The molecule has 0 aliphatic heterocycles. The summed E-state index contributed by atoms with van der Waals surface area (Å²) in [4.78, 5) is 11.2. The van der Waals surface area contributed by atoms with Crippen molar-refractivity contribution in [3.05, 3.63) is 29.3 Å². The summed E-state index contributed by atoms with van der Waals surface area (Å²) < 4.78 is 4.56. The Morgan fingerprint density at radius 2 is 2.20 bits per heavy atom. The van der Waals surface area contributed by atoms with Crippen LogP contribution in [0, 0.1) is 0 Å². The summed E-state index contributed by atoms with van der Waals surface area (Å²) in [5, 5.41) is 9.65. The first-order chi connectivity index (χ1) is 7.19. The molecule has 1 aromatic rings. The lowest BCUT2D eigenvalue weighted by Gasteiger charge is -2.05. The van der Waals surface area contributed by atoms with Crippen molar-refractivity contribution >= 4 is 5.97 Å². The van der Waals surface area contributed by atoms with Gasteiger partial charge in [0.2, 0.25) is 0 Å². The number of phenolic OH excluding ortho intramolecular Hbond substituents is 1. The van der Waals surface area contributed by atoms with Gasteiger partial charge in [0.15, 0.2) is 0 Å². The SMILES string of the molecule is CCCCc1ccc(C(=O)OC)cc1O. The number of hydrogen-bond donors (Lipinski definition) is 1. The summed E-state index contributed by atoms with van der Waals surface area (Å²) >= 11 is 0. The van der Waals surface area contributed by atoms with Crippen LogP contribution in [0.25, 0.3) is 0 Å². The number of carbonyl (C=O) groups is 1. The van der Waals surface area contributed by atoms with Crippen molar-refractivity contribution < 1.29 is 14.6 Å². The molecule has 1 N–H and O–H groups in total. The molecule has 0 aromatic heterocycles. The number of hydrogen-bond acceptors (Lipinski definition) is 3. The Hall–Kier alpha value is -1.51. The zero-order valence-corrected chi connectivity index (χ0v) is 9.12. The largest absolute Gasteiger partial charge is 0.508 e. The minimum absolute atomic E-state index is 0.173. The van der Waals surface area contributed by atoms with Crippen LogP contribution in [-0.2, 0) is 11.2 Å². The third kappa shape index (κ3) is 2.98. The van der Waals surface area contributed by atoms with E-state index >= 15 is 0 Å². The lowest BCUT2D eigenvalue weighted by Crippen LogP contribution is -2.01. The average Bonchev–Trinajstić information content (AvgIpc) is 2.26. The van der Waals surface area contributed by atoms with Crippen LogP contribution in [0.3, 0.4) is 0 Å². The predicted molar refractivity (Wildman–Crippen MR) is 58.1 cm³/mol. The van der Waals surface area contributed by atoms with Crippen molar-refractivity contribution in [2.24, 2.45) is 0 Å². The van der Waals surface area contributed by atoms with E-state index in [0.717, 1.165) is 24.8 Å². The van der Waals surface area contributed by atoms with Crippen molar-refractivity contribution in [2.45, 2.75) is 26.2 Å². The molecule has 0 fully saturated rings. The number of aromatic hydroxyl groups is 1. The zero-order chi connectivity index (χ0) is 11.3. The van der Waals surface area contributed by atoms with Crippen LogP contribution in [0.4, 0.5) is 0 Å². The third-order valence-electron chi connectivity index (χ3n) is 2.31. The number of rotatable bonds is 4. The Labute approximate surface area is 89.7 Å². The quantitative estimate of drug-likeness (QED) is 0.773. The number of unbranched alkanes of at least 4 members (excludes halogenated alkanes) is 1. The van der Waals surface area contributed by atoms with E-state index in [4.69, 9.17) is 0 Å². The molecule has 1 aromatic carbocycles. The van der Waals surface area contributed by atoms with Crippen molar-refractivity contribution in [2.75, 3.05) is 7.11 Å². The van der Waals surface area contributed by atoms with Gasteiger partial charge in [0, 0.05) is 0 Å². The van der Waals surface area contributed by atoms with Crippen molar-refractivity contribution in [3.8, 4) is 5.75 Å². The molecular formula is C12H16O3. The minimum atomic E-state index is -0.424. The molecule has 0 saturated carbocycles. The standard InChI is InChI=1S/C12H16O3/c1-3-4-5-9-6-7-10(8-11(9)13)12(14)15-2/h6-8,13H,3-5H2,1-2H3. The maximum absolute atomic E-state index is 11.2. The summed E-state index contributed by atoms with van der Waals surface area (Å²) in [6, 6.07) is 4.91. The van der Waals surface area contributed by atoms with E-state index in [1.165, 1.54) is 13.2 Å². The fourth-order valence-corrected chi connectivity index (χ4v) is 1.39. The van der Waals surface area contributed by atoms with Crippen LogP contribution in [0.1, 0.15) is 35.7 Å². The van der Waals surface area contributed by atoms with Gasteiger partial charge in [-0.3, -0.25) is 0 Å². The average molecular weight is 208 g/mol. The Balaban J connectivity index is 2.83. The van der Waals surface area contributed by atoms with Gasteiger partial charge in [-0.2, -0.15) is 0 Å². The van der Waals surface area contributed by atoms with Crippen LogP contribution in [0.2, 0.25) is 0 Å². The van der Waals surface area contributed by atoms with Crippen molar-refractivity contribution in [1.82, 2.24) is 0 Å². The second kappa shape index (κ2) is 5.39. The highest BCUT2D eigenvalue weighted by molar-refractivity contribution is 5.89. The molecule has 0 radical (unpaired) electrons. The molecule has 3 nitrogen and oxygen atoms in total. The number of benzene rings is 1. The molecule has 0 unspecified atom stereocenters. The normalized spacial score (nSPS) is 10.0. The topological polar surface area (TPSA) is 46.5 Å². The van der Waals surface area contributed by atoms with E-state index < -0.39 is 5.97 Å². The van der Waals surface area contributed by atoms with Gasteiger partial charge in [-0.15, -0.1) is 0 Å². The van der Waals surface area contributed by atoms with Crippen LogP contribution in [0.15, 0.2) is 18.2 Å². The molecule has 0 aliphatic rings. The number of esters is 1. The maximum Gasteiger partial charge on any atom is 0.337 e. The molecule has 1 rings (SSSR count). The Kier molecular flexibility index (Phi) is 4.16. The second-order valence-corrected chi connectivity index (χ2v) is 3.44. The summed E-state index contributed by atoms with van der Waals surface area (Å²) in [6.45, 7) is 2.10. The number of carbonyl (C=O) groups excluding carboxylic acids is 1. The van der Waals surface area contributed by atoms with Crippen molar-refractivity contribution in [3.63, 3.8) is 0 Å². The predicted octanol–water partition coefficient (Wildman–Crippen LogP) is 2.52. The van der Waals surface area contributed by atoms with Gasteiger partial charge in [0.25, 0.3) is 0 Å². The van der Waals surface area contributed by atoms with Crippen molar-refractivity contribution in [1.29, 1.82) is 0 Å². The summed E-state index contributed by atoms with van der Waals surface area (Å²) in [6.07, 6.45) is 2.95. The molecule has 0 bridgehead atoms. The Morgan fingerprint density at radius 1 is 1.47 bits per heavy atom. The monoisotopic (exact) mass is 208 g/mol. The van der Waals surface area contributed by atoms with Crippen LogP contribution in [0.5, 0.6) is 5.75 Å². The molecule has 0 saturated heterocycles. The second-order valence-electron chi connectivity index (χ2n) is 3.44. The van der Waals surface area contributed by atoms with Gasteiger partial charge in [0.05, 0.1) is 12.7 Å². The third-order valence-corrected chi connectivity index (χ3v) is 2.31. The summed E-state index contributed by atoms with van der Waals surface area (Å²) in [7, 11) is 1.32. The Morgan fingerprint density at radius 3 is 2.73 bits per heavy atom. The van der Waals surface area contributed by atoms with Gasteiger partial charge in [0.1, 0.15) is 5.75 Å². The minimum Gasteiger partial charge on any atom is -0.508 e. The highest BCUT2D eigenvalue weighted by atomic mass is 16.5. The summed E-state index contributed by atoms with van der Waals surface area (Å²) in [5.74, 6) is -0.251. The van der Waals surface area contributed by atoms with Gasteiger partial charge >= 0.3 is 5.97 Å². The first-order valence-corrected chi connectivity index (χ1v) is 5.09. The smallest absolute Gasteiger partial charge is 0.337 e. The van der Waals surface area contributed by atoms with Crippen LogP contribution < -0.4 is 0 Å². The van der Waals surface area contributed by atoms with Gasteiger partial charge < -0.3 is 9.84 Å². The van der Waals surface area contributed by atoms with E-state index in [1.54, 1.807) is 12.1 Å². The lowest BCUT2D eigenvalue weighted by atomic mass is 10.1. The number of ether oxygens (including phenoxy) is 1. The molecule has 0 spiro atoms. The van der Waals surface area contributed by atoms with E-state index in [1.807, 2.05) is 0 Å². The van der Waals surface area contributed by atoms with E-state index in [2.05, 4.69) is 11.7 Å². The fraction of sp³-hybridized carbons (Fsp3) is 0.417. The maximum atomic E-state index is 11.2. The number of aryl methyl sites for hydroxylation is 1. The first-order valence-electron chi connectivity index (χ1n) is 5.09. The van der Waals surface area contributed by atoms with E-state index in [0.29, 0.717) is 5.56 Å². The summed E-state index contributed by atoms with van der Waals surface area (Å²) in [5.41, 5.74) is 1.26. The zero-order valence-electron chi connectivity index (χ0n) is 9.12. The molecule has 3 heteroatoms. The molecule has 0 heterocycles. The lowest BCUT2D eigenvalue weighted by molar-refractivity contribution is 0.0600. The molecule has 0 aliphatic carbocycles. The first kappa shape index (κ1) is 11.6. The molecule has 82 valence electrons. The van der Waals surface area contributed by atoms with Gasteiger partial charge in [-0.25, -0.2) is 4.79 Å². The van der Waals surface area contributed by atoms with Gasteiger partial charge in [-0.05, 0) is 30.5 Å². The van der Waals surface area contributed by atoms with Gasteiger partial charge in [-0.1, -0.05) is 19.4 Å². The Bertz CT molecular complexity index is 345. The molecule has 0 amide bonds. The van der Waals surface area contributed by atoms with E-state index in [9.17, 15) is 9.90 Å². The number of phenols is 1. The number of methoxy groups -OCH3 is 1. The van der Waals surface area contributed by atoms with E-state index in [-0.39, 0.29) is 5.75 Å². The molecule has 15 heavy (non-hydrogen) atoms. The highest BCUT2D eigenvalue weighted by Gasteiger charge is 2.08. The molecular weight excluding hydrogens is 192 g/mol. The molecule has 0 atom stereocenters. The highest BCUT2D eigenvalue weighted by Crippen LogP contribution is 2.21.